The lowest BCUT2D eigenvalue weighted by molar-refractivity contribution is -0.126. The van der Waals surface area contributed by atoms with Crippen LogP contribution in [-0.4, -0.2) is 34.7 Å². The number of rotatable bonds is 6. The minimum absolute atomic E-state index is 0.0510. The van der Waals surface area contributed by atoms with Gasteiger partial charge in [-0.15, -0.1) is 11.3 Å². The molecule has 4 rings (SSSR count). The lowest BCUT2D eigenvalue weighted by Crippen LogP contribution is -2.36. The van der Waals surface area contributed by atoms with Crippen molar-refractivity contribution in [3.05, 3.63) is 69.3 Å². The number of aromatic nitrogens is 2. The van der Waals surface area contributed by atoms with Gasteiger partial charge in [0.25, 0.3) is 5.56 Å². The number of anilines is 1. The van der Waals surface area contributed by atoms with Gasteiger partial charge in [-0.2, -0.15) is 5.10 Å². The highest BCUT2D eigenvalue weighted by atomic mass is 32.1. The maximum Gasteiger partial charge on any atom is 0.266 e. The summed E-state index contributed by atoms with van der Waals surface area (Å²) < 4.78 is 1.36. The number of hydrogen-bond acceptors (Lipinski definition) is 5. The molecule has 2 amide bonds. The van der Waals surface area contributed by atoms with Gasteiger partial charge >= 0.3 is 0 Å². The number of amides is 2. The van der Waals surface area contributed by atoms with Gasteiger partial charge in [0.2, 0.25) is 11.8 Å². The number of nitrogens with zero attached hydrogens (tertiary/aromatic N) is 3. The fourth-order valence-corrected chi connectivity index (χ4v) is 4.31. The number of thiophene rings is 1. The van der Waals surface area contributed by atoms with E-state index in [1.54, 1.807) is 22.3 Å². The molecule has 1 aromatic carbocycles. The van der Waals surface area contributed by atoms with Crippen molar-refractivity contribution in [2.24, 2.45) is 5.92 Å². The molecule has 0 aliphatic carbocycles. The van der Waals surface area contributed by atoms with E-state index in [1.807, 2.05) is 49.6 Å². The number of nitrogens with one attached hydrogen (secondary N) is 1. The molecule has 0 radical (unpaired) electrons. The van der Waals surface area contributed by atoms with E-state index in [1.165, 1.54) is 10.7 Å². The third-order valence-corrected chi connectivity index (χ3v) is 6.45. The zero-order valence-electron chi connectivity index (χ0n) is 17.5. The first kappa shape index (κ1) is 21.0. The van der Waals surface area contributed by atoms with Crippen molar-refractivity contribution in [1.82, 2.24) is 15.1 Å². The monoisotopic (exact) mass is 436 g/mol. The zero-order chi connectivity index (χ0) is 22.0. The molecule has 3 aromatic rings. The Labute approximate surface area is 184 Å². The van der Waals surface area contributed by atoms with Crippen LogP contribution in [0.5, 0.6) is 0 Å². The first-order valence-corrected chi connectivity index (χ1v) is 11.1. The van der Waals surface area contributed by atoms with Crippen LogP contribution in [0.25, 0.3) is 10.6 Å². The van der Waals surface area contributed by atoms with E-state index in [4.69, 9.17) is 0 Å². The molecule has 0 bridgehead atoms. The van der Waals surface area contributed by atoms with Crippen molar-refractivity contribution in [3.63, 3.8) is 0 Å². The Morgan fingerprint density at radius 3 is 2.74 bits per heavy atom. The van der Waals surface area contributed by atoms with E-state index in [-0.39, 0.29) is 36.9 Å². The second-order valence-corrected chi connectivity index (χ2v) is 8.67. The van der Waals surface area contributed by atoms with Gasteiger partial charge in [-0.25, -0.2) is 4.68 Å². The normalized spacial score (nSPS) is 16.0. The molecule has 1 fully saturated rings. The van der Waals surface area contributed by atoms with Gasteiger partial charge in [-0.3, -0.25) is 14.4 Å². The van der Waals surface area contributed by atoms with E-state index >= 15 is 0 Å². The quantitative estimate of drug-likeness (QED) is 0.644. The smallest absolute Gasteiger partial charge is 0.266 e. The number of aryl methyl sites for hydroxylation is 2. The molecule has 1 aliphatic heterocycles. The molecule has 1 unspecified atom stereocenters. The second kappa shape index (κ2) is 8.85. The molecule has 1 atom stereocenters. The predicted molar refractivity (Wildman–Crippen MR) is 121 cm³/mol. The number of carbonyl (C=O) groups is 2. The Balaban J connectivity index is 1.35. The molecule has 160 valence electrons. The van der Waals surface area contributed by atoms with Crippen LogP contribution >= 0.6 is 11.3 Å². The largest absolute Gasteiger partial charge is 0.354 e. The highest BCUT2D eigenvalue weighted by molar-refractivity contribution is 7.13. The van der Waals surface area contributed by atoms with Gasteiger partial charge in [-0.1, -0.05) is 12.1 Å². The molecule has 0 saturated carbocycles. The van der Waals surface area contributed by atoms with Gasteiger partial charge in [0.15, 0.2) is 0 Å². The summed E-state index contributed by atoms with van der Waals surface area (Å²) in [7, 11) is 0. The highest BCUT2D eigenvalue weighted by Gasteiger charge is 2.35. The van der Waals surface area contributed by atoms with Crippen LogP contribution in [-0.2, 0) is 16.1 Å². The fourth-order valence-electron chi connectivity index (χ4n) is 3.62. The fraction of sp³-hybridized carbons (Fsp3) is 0.304. The Morgan fingerprint density at radius 1 is 1.16 bits per heavy atom. The summed E-state index contributed by atoms with van der Waals surface area (Å²) >= 11 is 1.55. The van der Waals surface area contributed by atoms with Crippen LogP contribution < -0.4 is 15.8 Å². The summed E-state index contributed by atoms with van der Waals surface area (Å²) in [6.07, 6.45) is 0.185. The van der Waals surface area contributed by atoms with Crippen LogP contribution in [0.4, 0.5) is 5.69 Å². The summed E-state index contributed by atoms with van der Waals surface area (Å²) in [5, 5.41) is 9.20. The Hall–Kier alpha value is -3.26. The molecule has 8 heteroatoms. The van der Waals surface area contributed by atoms with Crippen LogP contribution in [0.3, 0.4) is 0 Å². The molecular weight excluding hydrogens is 412 g/mol. The lowest BCUT2D eigenvalue weighted by atomic mass is 10.1. The van der Waals surface area contributed by atoms with Gasteiger partial charge in [0.1, 0.15) is 5.69 Å². The highest BCUT2D eigenvalue weighted by Crippen LogP contribution is 2.27. The predicted octanol–water partition coefficient (Wildman–Crippen LogP) is 2.76. The van der Waals surface area contributed by atoms with Crippen molar-refractivity contribution in [2.45, 2.75) is 26.8 Å². The summed E-state index contributed by atoms with van der Waals surface area (Å²) in [6, 6.07) is 12.9. The van der Waals surface area contributed by atoms with Gasteiger partial charge in [0.05, 0.1) is 17.3 Å². The zero-order valence-corrected chi connectivity index (χ0v) is 18.3. The Bertz CT molecular complexity index is 1170. The minimum Gasteiger partial charge on any atom is -0.354 e. The van der Waals surface area contributed by atoms with Crippen molar-refractivity contribution in [3.8, 4) is 10.6 Å². The average molecular weight is 437 g/mol. The summed E-state index contributed by atoms with van der Waals surface area (Å²) in [5.41, 5.74) is 3.61. The van der Waals surface area contributed by atoms with Gasteiger partial charge < -0.3 is 10.2 Å². The third kappa shape index (κ3) is 4.59. The number of benzene rings is 1. The van der Waals surface area contributed by atoms with Gasteiger partial charge in [0, 0.05) is 31.3 Å². The van der Waals surface area contributed by atoms with Gasteiger partial charge in [-0.05, 0) is 54.6 Å². The summed E-state index contributed by atoms with van der Waals surface area (Å²) in [5.74, 6) is -0.636. The molecule has 1 N–H and O–H groups in total. The third-order valence-electron chi connectivity index (χ3n) is 5.56. The van der Waals surface area contributed by atoms with E-state index in [0.29, 0.717) is 6.54 Å². The van der Waals surface area contributed by atoms with Crippen LogP contribution in [0, 0.1) is 19.8 Å². The van der Waals surface area contributed by atoms with Crippen molar-refractivity contribution >= 4 is 28.8 Å². The molecule has 0 spiro atoms. The van der Waals surface area contributed by atoms with Crippen LogP contribution in [0.1, 0.15) is 17.5 Å². The van der Waals surface area contributed by atoms with E-state index < -0.39 is 5.92 Å². The lowest BCUT2D eigenvalue weighted by Gasteiger charge is -2.18. The molecular formula is C23H24N4O3S. The topological polar surface area (TPSA) is 84.3 Å². The van der Waals surface area contributed by atoms with Crippen LogP contribution in [0.15, 0.2) is 52.6 Å². The Kier molecular flexibility index (Phi) is 5.99. The maximum absolute atomic E-state index is 12.6. The standard InChI is InChI=1S/C23H24N4O3S/c1-15-5-6-18(12-16(15)2)26-14-17(13-22(26)29)23(30)24-9-10-27-21(28)8-7-19(25-27)20-4-3-11-31-20/h3-8,11-12,17H,9-10,13-14H2,1-2H3,(H,24,30). The SMILES string of the molecule is Cc1ccc(N2CC(C(=O)NCCn3nc(-c4cccs4)ccc3=O)CC2=O)cc1C. The first-order valence-electron chi connectivity index (χ1n) is 10.2. The summed E-state index contributed by atoms with van der Waals surface area (Å²) in [6.45, 7) is 4.93. The minimum atomic E-state index is -0.406. The van der Waals surface area contributed by atoms with Crippen molar-refractivity contribution in [1.29, 1.82) is 0 Å². The average Bonchev–Trinajstić information content (AvgIpc) is 3.41. The van der Waals surface area contributed by atoms with E-state index in [0.717, 1.165) is 27.4 Å². The Morgan fingerprint density at radius 2 is 2.00 bits per heavy atom. The number of carbonyl (C=O) groups excluding carboxylic acids is 2. The van der Waals surface area contributed by atoms with Crippen LogP contribution in [0.2, 0.25) is 0 Å². The van der Waals surface area contributed by atoms with E-state index in [2.05, 4.69) is 10.4 Å². The van der Waals surface area contributed by atoms with Crippen molar-refractivity contribution < 1.29 is 9.59 Å². The second-order valence-electron chi connectivity index (χ2n) is 7.72. The molecule has 3 heterocycles. The molecule has 31 heavy (non-hydrogen) atoms. The molecule has 7 nitrogen and oxygen atoms in total. The van der Waals surface area contributed by atoms with Crippen molar-refractivity contribution in [2.75, 3.05) is 18.0 Å². The molecule has 1 saturated heterocycles. The molecule has 1 aliphatic rings. The first-order chi connectivity index (χ1) is 14.9. The van der Waals surface area contributed by atoms with E-state index in [9.17, 15) is 14.4 Å². The maximum atomic E-state index is 12.6. The number of hydrogen-bond donors (Lipinski definition) is 1. The molecule has 2 aromatic heterocycles. The summed E-state index contributed by atoms with van der Waals surface area (Å²) in [4.78, 5) is 39.8.